The number of benzene rings is 2. The minimum absolute atomic E-state index is 0.163. The van der Waals surface area contributed by atoms with E-state index in [9.17, 15) is 15.2 Å². The molecule has 0 unspecified atom stereocenters. The number of nitrogens with zero attached hydrogens (tertiary/aromatic N) is 2. The van der Waals surface area contributed by atoms with E-state index in [4.69, 9.17) is 4.74 Å². The Hall–Kier alpha value is -2.91. The van der Waals surface area contributed by atoms with E-state index in [0.29, 0.717) is 21.1 Å². The van der Waals surface area contributed by atoms with Crippen LogP contribution in [0.25, 0.3) is 10.9 Å². The Kier molecular flexibility index (Phi) is 4.45. The van der Waals surface area contributed by atoms with Crippen LogP contribution >= 0.6 is 15.9 Å². The molecule has 0 aliphatic rings. The zero-order valence-corrected chi connectivity index (χ0v) is 13.9. The van der Waals surface area contributed by atoms with Crippen molar-refractivity contribution in [1.29, 1.82) is 5.26 Å². The van der Waals surface area contributed by atoms with Gasteiger partial charge < -0.3 is 9.84 Å². The van der Waals surface area contributed by atoms with E-state index < -0.39 is 5.97 Å². The van der Waals surface area contributed by atoms with Crippen LogP contribution in [0.5, 0.6) is 5.75 Å². The highest BCUT2D eigenvalue weighted by Crippen LogP contribution is 2.31. The van der Waals surface area contributed by atoms with Gasteiger partial charge in [-0.05, 0) is 17.7 Å². The minimum Gasteiger partial charge on any atom is -0.488 e. The van der Waals surface area contributed by atoms with Gasteiger partial charge in [0.2, 0.25) is 0 Å². The fourth-order valence-electron chi connectivity index (χ4n) is 2.31. The van der Waals surface area contributed by atoms with Gasteiger partial charge in [0.25, 0.3) is 0 Å². The van der Waals surface area contributed by atoms with Crippen molar-refractivity contribution in [2.45, 2.75) is 6.61 Å². The Bertz CT molecular complexity index is 965. The smallest absolute Gasteiger partial charge is 0.354 e. The van der Waals surface area contributed by atoms with Crippen LogP contribution < -0.4 is 4.74 Å². The van der Waals surface area contributed by atoms with Crippen LogP contribution in [0, 0.1) is 11.3 Å². The molecule has 0 aliphatic heterocycles. The lowest BCUT2D eigenvalue weighted by Crippen LogP contribution is -2.04. The third-order valence-corrected chi connectivity index (χ3v) is 3.87. The molecular formula is C18H11BrN2O3. The second-order valence-corrected chi connectivity index (χ2v) is 5.96. The Morgan fingerprint density at radius 2 is 2.00 bits per heavy atom. The number of carboxylic acids is 1. The van der Waals surface area contributed by atoms with Crippen LogP contribution in [0.4, 0.5) is 0 Å². The molecule has 0 spiro atoms. The average Bonchev–Trinajstić information content (AvgIpc) is 2.59. The summed E-state index contributed by atoms with van der Waals surface area (Å²) in [5.41, 5.74) is 1.38. The standard InChI is InChI=1S/C18H11BrN2O3/c19-13-6-12(9-20)17-14(7-13)16(8-15(21-17)18(22)23)24-10-11-4-2-1-3-5-11/h1-8H,10H2,(H,22,23). The molecule has 0 bridgehead atoms. The van der Waals surface area contributed by atoms with Gasteiger partial charge in [-0.3, -0.25) is 0 Å². The molecule has 0 amide bonds. The first-order chi connectivity index (χ1) is 11.6. The lowest BCUT2D eigenvalue weighted by atomic mass is 10.1. The summed E-state index contributed by atoms with van der Waals surface area (Å²) >= 11 is 3.35. The number of rotatable bonds is 4. The van der Waals surface area contributed by atoms with Gasteiger partial charge >= 0.3 is 5.97 Å². The van der Waals surface area contributed by atoms with Gasteiger partial charge in [-0.25, -0.2) is 9.78 Å². The third kappa shape index (κ3) is 3.21. The molecule has 1 aromatic heterocycles. The van der Waals surface area contributed by atoms with Crippen molar-refractivity contribution in [2.75, 3.05) is 0 Å². The maximum Gasteiger partial charge on any atom is 0.354 e. The molecule has 3 aromatic rings. The summed E-state index contributed by atoms with van der Waals surface area (Å²) in [5.74, 6) is -0.799. The molecule has 5 nitrogen and oxygen atoms in total. The summed E-state index contributed by atoms with van der Waals surface area (Å²) in [7, 11) is 0. The molecule has 0 atom stereocenters. The molecule has 0 saturated carbocycles. The van der Waals surface area contributed by atoms with Gasteiger partial charge in [0.1, 0.15) is 18.4 Å². The summed E-state index contributed by atoms with van der Waals surface area (Å²) < 4.78 is 6.51. The van der Waals surface area contributed by atoms with E-state index in [1.54, 1.807) is 12.1 Å². The van der Waals surface area contributed by atoms with E-state index in [-0.39, 0.29) is 17.9 Å². The number of aromatic carboxylic acids is 1. The number of nitriles is 1. The molecule has 0 aliphatic carbocycles. The fraction of sp³-hybridized carbons (Fsp3) is 0.0556. The second kappa shape index (κ2) is 6.69. The fourth-order valence-corrected chi connectivity index (χ4v) is 2.77. The molecule has 1 N–H and O–H groups in total. The quantitative estimate of drug-likeness (QED) is 0.732. The number of hydrogen-bond donors (Lipinski definition) is 1. The Morgan fingerprint density at radius 1 is 1.25 bits per heavy atom. The van der Waals surface area contributed by atoms with Crippen molar-refractivity contribution in [3.8, 4) is 11.8 Å². The molecular weight excluding hydrogens is 372 g/mol. The van der Waals surface area contributed by atoms with Gasteiger partial charge in [0, 0.05) is 15.9 Å². The molecule has 2 aromatic carbocycles. The van der Waals surface area contributed by atoms with Crippen molar-refractivity contribution in [3.05, 3.63) is 69.8 Å². The molecule has 24 heavy (non-hydrogen) atoms. The van der Waals surface area contributed by atoms with E-state index in [1.165, 1.54) is 6.07 Å². The first kappa shape index (κ1) is 16.0. The van der Waals surface area contributed by atoms with Crippen molar-refractivity contribution < 1.29 is 14.6 Å². The molecule has 0 saturated heterocycles. The highest BCUT2D eigenvalue weighted by atomic mass is 79.9. The van der Waals surface area contributed by atoms with Crippen LogP contribution in [0.2, 0.25) is 0 Å². The minimum atomic E-state index is -1.17. The van der Waals surface area contributed by atoms with Crippen LogP contribution in [-0.2, 0) is 6.61 Å². The molecule has 1 heterocycles. The van der Waals surface area contributed by atoms with E-state index >= 15 is 0 Å². The van der Waals surface area contributed by atoms with Crippen molar-refractivity contribution in [2.24, 2.45) is 0 Å². The monoisotopic (exact) mass is 382 g/mol. The number of hydrogen-bond acceptors (Lipinski definition) is 4. The van der Waals surface area contributed by atoms with Crippen LogP contribution in [0.1, 0.15) is 21.6 Å². The van der Waals surface area contributed by atoms with Crippen LogP contribution in [-0.4, -0.2) is 16.1 Å². The molecule has 0 radical (unpaired) electrons. The normalized spacial score (nSPS) is 10.3. The maximum absolute atomic E-state index is 11.3. The lowest BCUT2D eigenvalue weighted by molar-refractivity contribution is 0.0690. The van der Waals surface area contributed by atoms with E-state index in [2.05, 4.69) is 20.9 Å². The Labute approximate surface area is 146 Å². The zero-order chi connectivity index (χ0) is 17.1. The summed E-state index contributed by atoms with van der Waals surface area (Å²) in [6.45, 7) is 0.285. The van der Waals surface area contributed by atoms with Gasteiger partial charge in [-0.2, -0.15) is 5.26 Å². The number of aromatic nitrogens is 1. The van der Waals surface area contributed by atoms with E-state index in [0.717, 1.165) is 5.56 Å². The maximum atomic E-state index is 11.3. The molecule has 0 fully saturated rings. The molecule has 118 valence electrons. The Morgan fingerprint density at radius 3 is 2.67 bits per heavy atom. The zero-order valence-electron chi connectivity index (χ0n) is 12.4. The first-order valence-corrected chi connectivity index (χ1v) is 7.82. The average molecular weight is 383 g/mol. The van der Waals surface area contributed by atoms with Gasteiger partial charge in [0.15, 0.2) is 5.69 Å². The van der Waals surface area contributed by atoms with Crippen LogP contribution in [0.15, 0.2) is 53.0 Å². The summed E-state index contributed by atoms with van der Waals surface area (Å²) in [5, 5.41) is 19.1. The van der Waals surface area contributed by atoms with Crippen molar-refractivity contribution in [3.63, 3.8) is 0 Å². The van der Waals surface area contributed by atoms with Crippen molar-refractivity contribution >= 4 is 32.8 Å². The van der Waals surface area contributed by atoms with Gasteiger partial charge in [-0.1, -0.05) is 46.3 Å². The largest absolute Gasteiger partial charge is 0.488 e. The molecule has 3 rings (SSSR count). The second-order valence-electron chi connectivity index (χ2n) is 5.05. The predicted molar refractivity (Wildman–Crippen MR) is 91.9 cm³/mol. The highest BCUT2D eigenvalue weighted by molar-refractivity contribution is 9.10. The SMILES string of the molecule is N#Cc1cc(Br)cc2c(OCc3ccccc3)cc(C(=O)O)nc12. The summed E-state index contributed by atoms with van der Waals surface area (Å²) in [6, 6.07) is 16.3. The Balaban J connectivity index is 2.12. The summed E-state index contributed by atoms with van der Waals surface area (Å²) in [6.07, 6.45) is 0. The number of ether oxygens (including phenoxy) is 1. The first-order valence-electron chi connectivity index (χ1n) is 7.03. The number of fused-ring (bicyclic) bond motifs is 1. The van der Waals surface area contributed by atoms with Crippen molar-refractivity contribution in [1.82, 2.24) is 4.98 Å². The number of carbonyl (C=O) groups is 1. The predicted octanol–water partition coefficient (Wildman–Crippen LogP) is 4.15. The number of carboxylic acid groups (broad SMARTS) is 1. The topological polar surface area (TPSA) is 83.2 Å². The number of pyridine rings is 1. The van der Waals surface area contributed by atoms with Crippen LogP contribution in [0.3, 0.4) is 0 Å². The van der Waals surface area contributed by atoms with Gasteiger partial charge in [0.05, 0.1) is 11.1 Å². The number of halogens is 1. The summed E-state index contributed by atoms with van der Waals surface area (Å²) in [4.78, 5) is 15.4. The molecule has 6 heteroatoms. The van der Waals surface area contributed by atoms with E-state index in [1.807, 2.05) is 36.4 Å². The highest BCUT2D eigenvalue weighted by Gasteiger charge is 2.15. The third-order valence-electron chi connectivity index (χ3n) is 3.42. The van der Waals surface area contributed by atoms with Gasteiger partial charge in [-0.15, -0.1) is 0 Å². The lowest BCUT2D eigenvalue weighted by Gasteiger charge is -2.11.